The average molecular weight is 489 g/mol. The third-order valence-corrected chi connectivity index (χ3v) is 6.95. The number of amides is 1. The molecule has 2 N–H and O–H groups in total. The summed E-state index contributed by atoms with van der Waals surface area (Å²) in [6, 6.07) is 26.8. The average Bonchev–Trinajstić information content (AvgIpc) is 2.87. The van der Waals surface area contributed by atoms with E-state index in [9.17, 15) is 9.18 Å². The van der Waals surface area contributed by atoms with Gasteiger partial charge in [-0.25, -0.2) is 9.37 Å². The Hall–Kier alpha value is -3.22. The van der Waals surface area contributed by atoms with E-state index in [-0.39, 0.29) is 11.7 Å². The van der Waals surface area contributed by atoms with Crippen molar-refractivity contribution in [3.8, 4) is 0 Å². The molecule has 0 bridgehead atoms. The molecule has 1 unspecified atom stereocenters. The van der Waals surface area contributed by atoms with Gasteiger partial charge in [-0.2, -0.15) is 0 Å². The number of quaternary nitrogens is 1. The van der Waals surface area contributed by atoms with E-state index in [4.69, 9.17) is 4.98 Å². The minimum atomic E-state index is -0.275. The van der Waals surface area contributed by atoms with Crippen molar-refractivity contribution >= 4 is 28.6 Å². The Balaban J connectivity index is 1.41. The number of para-hydroxylation sites is 1. The Morgan fingerprint density at radius 2 is 1.71 bits per heavy atom. The number of benzene rings is 3. The topological polar surface area (TPSA) is 46.4 Å². The van der Waals surface area contributed by atoms with Gasteiger partial charge in [0.05, 0.1) is 23.7 Å². The Labute approximate surface area is 210 Å². The van der Waals surface area contributed by atoms with E-state index in [2.05, 4.69) is 43.4 Å². The summed E-state index contributed by atoms with van der Waals surface area (Å²) in [5.41, 5.74) is 2.70. The maximum atomic E-state index is 13.3. The lowest BCUT2D eigenvalue weighted by Gasteiger charge is -2.23. The lowest BCUT2D eigenvalue weighted by Crippen LogP contribution is -3.13. The lowest BCUT2D eigenvalue weighted by molar-refractivity contribution is -0.935. The van der Waals surface area contributed by atoms with Crippen LogP contribution in [0.2, 0.25) is 0 Å². The molecule has 0 saturated heterocycles. The van der Waals surface area contributed by atoms with E-state index in [1.165, 1.54) is 34.4 Å². The van der Waals surface area contributed by atoms with Gasteiger partial charge >= 0.3 is 0 Å². The lowest BCUT2D eigenvalue weighted by atomic mass is 10.1. The van der Waals surface area contributed by atoms with Crippen LogP contribution in [-0.2, 0) is 6.54 Å². The third kappa shape index (κ3) is 6.90. The summed E-state index contributed by atoms with van der Waals surface area (Å²) in [5, 5.41) is 4.64. The first-order valence-electron chi connectivity index (χ1n) is 12.0. The molecule has 0 fully saturated rings. The first-order valence-corrected chi connectivity index (χ1v) is 12.8. The predicted molar refractivity (Wildman–Crippen MR) is 140 cm³/mol. The molecule has 1 heterocycles. The molecule has 1 aromatic heterocycles. The number of carbonyl (C=O) groups excluding carboxylic acids is 1. The van der Waals surface area contributed by atoms with Crippen molar-refractivity contribution in [2.45, 2.75) is 42.8 Å². The zero-order valence-electron chi connectivity index (χ0n) is 20.1. The van der Waals surface area contributed by atoms with Crippen LogP contribution in [0.15, 0.2) is 94.9 Å². The largest absolute Gasteiger partial charge is 0.352 e. The second-order valence-electron chi connectivity index (χ2n) is 8.92. The summed E-state index contributed by atoms with van der Waals surface area (Å²) in [6.45, 7) is 7.04. The van der Waals surface area contributed by atoms with Crippen LogP contribution in [0.1, 0.15) is 36.2 Å². The van der Waals surface area contributed by atoms with Gasteiger partial charge in [-0.3, -0.25) is 4.79 Å². The summed E-state index contributed by atoms with van der Waals surface area (Å²) in [6.07, 6.45) is 0.895. The smallest absolute Gasteiger partial charge is 0.252 e. The quantitative estimate of drug-likeness (QED) is 0.304. The molecule has 6 heteroatoms. The third-order valence-electron chi connectivity index (χ3n) is 6.02. The predicted octanol–water partition coefficient (Wildman–Crippen LogP) is 5.14. The van der Waals surface area contributed by atoms with Gasteiger partial charge < -0.3 is 10.2 Å². The molecule has 0 radical (unpaired) electrons. The highest BCUT2D eigenvalue weighted by Gasteiger charge is 2.16. The van der Waals surface area contributed by atoms with E-state index >= 15 is 0 Å². The highest BCUT2D eigenvalue weighted by Crippen LogP contribution is 2.30. The van der Waals surface area contributed by atoms with Gasteiger partial charge in [0.25, 0.3) is 5.91 Å². The minimum Gasteiger partial charge on any atom is -0.352 e. The van der Waals surface area contributed by atoms with Crippen LogP contribution in [0.5, 0.6) is 0 Å². The van der Waals surface area contributed by atoms with Crippen LogP contribution in [0, 0.1) is 5.82 Å². The van der Waals surface area contributed by atoms with Crippen molar-refractivity contribution in [3.05, 3.63) is 102 Å². The van der Waals surface area contributed by atoms with Gasteiger partial charge in [0, 0.05) is 28.8 Å². The van der Waals surface area contributed by atoms with Crippen molar-refractivity contribution in [2.75, 3.05) is 13.1 Å². The summed E-state index contributed by atoms with van der Waals surface area (Å²) in [7, 11) is 0. The number of hydrogen-bond donors (Lipinski definition) is 2. The molecule has 0 aliphatic heterocycles. The number of pyridine rings is 1. The van der Waals surface area contributed by atoms with E-state index in [1.54, 1.807) is 12.1 Å². The maximum Gasteiger partial charge on any atom is 0.252 e. The molecule has 4 rings (SSSR count). The summed E-state index contributed by atoms with van der Waals surface area (Å²) in [4.78, 5) is 20.2. The van der Waals surface area contributed by atoms with Crippen molar-refractivity contribution in [3.63, 3.8) is 0 Å². The van der Waals surface area contributed by atoms with Crippen LogP contribution >= 0.6 is 11.8 Å². The molecule has 4 nitrogen and oxygen atoms in total. The van der Waals surface area contributed by atoms with Crippen molar-refractivity contribution < 1.29 is 14.1 Å². The van der Waals surface area contributed by atoms with Gasteiger partial charge in [0.15, 0.2) is 0 Å². The SMILES string of the molecule is CC(C)[NH+](CCCNC(=O)c1cc(Sc2ccc(F)cc2)nc2ccccc12)Cc1ccccc1. The van der Waals surface area contributed by atoms with Crippen LogP contribution in [-0.4, -0.2) is 30.0 Å². The fourth-order valence-electron chi connectivity index (χ4n) is 4.07. The fourth-order valence-corrected chi connectivity index (χ4v) is 4.90. The van der Waals surface area contributed by atoms with E-state index < -0.39 is 0 Å². The minimum absolute atomic E-state index is 0.0984. The number of rotatable bonds is 10. The number of fused-ring (bicyclic) bond motifs is 1. The Kier molecular flexibility index (Phi) is 8.50. The van der Waals surface area contributed by atoms with E-state index in [0.29, 0.717) is 23.2 Å². The molecule has 3 aromatic carbocycles. The summed E-state index contributed by atoms with van der Waals surface area (Å²) in [5.74, 6) is -0.374. The van der Waals surface area contributed by atoms with Gasteiger partial charge in [-0.1, -0.05) is 60.3 Å². The number of aromatic nitrogens is 1. The molecule has 1 atom stereocenters. The molecule has 0 aliphatic rings. The standard InChI is InChI=1S/C29H30FN3OS/c1-21(2)33(20-22-9-4-3-5-10-22)18-8-17-31-29(34)26-19-28(32-27-12-7-6-11-25(26)27)35-24-15-13-23(30)14-16-24/h3-7,9-16,19,21H,8,17-18,20H2,1-2H3,(H,31,34)/p+1. The number of hydrogen-bond acceptors (Lipinski definition) is 3. The molecular weight excluding hydrogens is 457 g/mol. The van der Waals surface area contributed by atoms with Crippen molar-refractivity contribution in [1.29, 1.82) is 0 Å². The second kappa shape index (κ2) is 12.0. The second-order valence-corrected chi connectivity index (χ2v) is 10.0. The highest BCUT2D eigenvalue weighted by molar-refractivity contribution is 7.99. The van der Waals surface area contributed by atoms with Crippen molar-refractivity contribution in [2.24, 2.45) is 0 Å². The van der Waals surface area contributed by atoms with Gasteiger partial charge in [-0.15, -0.1) is 0 Å². The molecule has 35 heavy (non-hydrogen) atoms. The molecule has 4 aromatic rings. The number of nitrogens with zero attached hydrogens (tertiary/aromatic N) is 1. The summed E-state index contributed by atoms with van der Waals surface area (Å²) >= 11 is 1.42. The zero-order chi connectivity index (χ0) is 24.6. The van der Waals surface area contributed by atoms with E-state index in [1.807, 2.05) is 36.4 Å². The number of carbonyl (C=O) groups is 1. The number of halogens is 1. The van der Waals surface area contributed by atoms with Gasteiger partial charge in [0.2, 0.25) is 0 Å². The van der Waals surface area contributed by atoms with Gasteiger partial charge in [0.1, 0.15) is 17.4 Å². The van der Waals surface area contributed by atoms with Crippen molar-refractivity contribution in [1.82, 2.24) is 10.3 Å². The van der Waals surface area contributed by atoms with Crippen LogP contribution in [0.4, 0.5) is 4.39 Å². The first kappa shape index (κ1) is 24.9. The first-order chi connectivity index (χ1) is 17.0. The zero-order valence-corrected chi connectivity index (χ0v) is 20.9. The van der Waals surface area contributed by atoms with Crippen LogP contribution in [0.25, 0.3) is 10.9 Å². The monoisotopic (exact) mass is 488 g/mol. The number of nitrogens with one attached hydrogen (secondary N) is 2. The highest BCUT2D eigenvalue weighted by atomic mass is 32.2. The molecular formula is C29H31FN3OS+. The Morgan fingerprint density at radius 1 is 1.00 bits per heavy atom. The fraction of sp³-hybridized carbons (Fsp3) is 0.241. The van der Waals surface area contributed by atoms with Gasteiger partial charge in [-0.05, 0) is 50.2 Å². The normalized spacial score (nSPS) is 12.1. The molecule has 1 amide bonds. The molecule has 0 aliphatic carbocycles. The summed E-state index contributed by atoms with van der Waals surface area (Å²) < 4.78 is 13.3. The maximum absolute atomic E-state index is 13.3. The molecule has 0 spiro atoms. The van der Waals surface area contributed by atoms with Crippen LogP contribution in [0.3, 0.4) is 0 Å². The van der Waals surface area contributed by atoms with E-state index in [0.717, 1.165) is 35.3 Å². The molecule has 180 valence electrons. The Bertz CT molecular complexity index is 1260. The Morgan fingerprint density at radius 3 is 2.46 bits per heavy atom. The van der Waals surface area contributed by atoms with Crippen LogP contribution < -0.4 is 10.2 Å². The molecule has 0 saturated carbocycles.